The molecule has 2 aromatic carbocycles. The molecule has 1 N–H and O–H groups in total. The third kappa shape index (κ3) is 3.88. The number of amides is 1. The highest BCUT2D eigenvalue weighted by molar-refractivity contribution is 7.22. The first-order chi connectivity index (χ1) is 15.5. The van der Waals surface area contributed by atoms with Crippen LogP contribution in [0.1, 0.15) is 21.5 Å². The van der Waals surface area contributed by atoms with Crippen LogP contribution in [-0.4, -0.2) is 20.4 Å². The van der Waals surface area contributed by atoms with Gasteiger partial charge in [0, 0.05) is 16.6 Å². The van der Waals surface area contributed by atoms with E-state index in [-0.39, 0.29) is 12.1 Å². The van der Waals surface area contributed by atoms with Crippen molar-refractivity contribution < 1.29 is 4.79 Å². The Bertz CT molecular complexity index is 1540. The Hall–Kier alpha value is -3.55. The van der Waals surface area contributed by atoms with E-state index in [1.807, 2.05) is 43.3 Å². The molecule has 3 aromatic heterocycles. The summed E-state index contributed by atoms with van der Waals surface area (Å²) in [6.07, 6.45) is 1.63. The van der Waals surface area contributed by atoms with E-state index < -0.39 is 11.5 Å². The standard InChI is InChI=1S/C24H17ClN4O2S/c1-14-4-9-19-20(11-14)32-24(27-19)28-22(30)18-12-16-3-2-10-26-21(16)29(23(18)31)13-15-5-7-17(25)8-6-15/h2-12H,13H2,1H3,(H,27,28,30). The number of fused-ring (bicyclic) bond motifs is 2. The molecular formula is C24H17ClN4O2S. The van der Waals surface area contributed by atoms with Crippen molar-refractivity contribution in [1.82, 2.24) is 14.5 Å². The second-order valence-electron chi connectivity index (χ2n) is 7.44. The van der Waals surface area contributed by atoms with Gasteiger partial charge < -0.3 is 0 Å². The molecule has 0 bridgehead atoms. The second kappa shape index (κ2) is 8.18. The van der Waals surface area contributed by atoms with Crippen LogP contribution in [0.25, 0.3) is 21.3 Å². The molecule has 0 unspecified atom stereocenters. The second-order valence-corrected chi connectivity index (χ2v) is 8.90. The Morgan fingerprint density at radius 2 is 1.94 bits per heavy atom. The fourth-order valence-corrected chi connectivity index (χ4v) is 4.62. The van der Waals surface area contributed by atoms with Gasteiger partial charge in [0.1, 0.15) is 11.2 Å². The van der Waals surface area contributed by atoms with Crippen LogP contribution in [0.4, 0.5) is 5.13 Å². The predicted octanol–water partition coefficient (Wildman–Crippen LogP) is 5.27. The van der Waals surface area contributed by atoms with Crippen molar-refractivity contribution in [2.45, 2.75) is 13.5 Å². The van der Waals surface area contributed by atoms with Crippen molar-refractivity contribution in [2.75, 3.05) is 5.32 Å². The SMILES string of the molecule is Cc1ccc2nc(NC(=O)c3cc4cccnc4n(Cc4ccc(Cl)cc4)c3=O)sc2c1. The number of halogens is 1. The highest BCUT2D eigenvalue weighted by Crippen LogP contribution is 2.27. The lowest BCUT2D eigenvalue weighted by Gasteiger charge is -2.12. The number of carbonyl (C=O) groups is 1. The number of nitrogens with one attached hydrogen (secondary N) is 1. The van der Waals surface area contributed by atoms with Gasteiger partial charge in [0.2, 0.25) is 0 Å². The largest absolute Gasteiger partial charge is 0.298 e. The monoisotopic (exact) mass is 460 g/mol. The molecule has 3 heterocycles. The molecule has 5 rings (SSSR count). The number of rotatable bonds is 4. The molecule has 0 aliphatic carbocycles. The highest BCUT2D eigenvalue weighted by Gasteiger charge is 2.18. The number of pyridine rings is 2. The van der Waals surface area contributed by atoms with Crippen molar-refractivity contribution in [1.29, 1.82) is 0 Å². The maximum atomic E-state index is 13.3. The van der Waals surface area contributed by atoms with E-state index in [1.165, 1.54) is 15.9 Å². The van der Waals surface area contributed by atoms with Gasteiger partial charge in [-0.05, 0) is 60.5 Å². The number of aryl methyl sites for hydroxylation is 1. The van der Waals surface area contributed by atoms with E-state index >= 15 is 0 Å². The number of anilines is 1. The third-order valence-corrected chi connectivity index (χ3v) is 6.30. The fraction of sp³-hybridized carbons (Fsp3) is 0.0833. The molecule has 0 saturated heterocycles. The van der Waals surface area contributed by atoms with Crippen LogP contribution in [0.15, 0.2) is 71.7 Å². The van der Waals surface area contributed by atoms with Crippen molar-refractivity contribution in [3.8, 4) is 0 Å². The average Bonchev–Trinajstić information content (AvgIpc) is 3.18. The summed E-state index contributed by atoms with van der Waals surface area (Å²) in [4.78, 5) is 35.2. The van der Waals surface area contributed by atoms with Crippen LogP contribution in [0.3, 0.4) is 0 Å². The molecule has 8 heteroatoms. The Kier molecular flexibility index (Phi) is 5.20. The summed E-state index contributed by atoms with van der Waals surface area (Å²) in [5.41, 5.74) is 2.93. The Morgan fingerprint density at radius 3 is 2.75 bits per heavy atom. The molecule has 158 valence electrons. The maximum Gasteiger partial charge on any atom is 0.265 e. The summed E-state index contributed by atoms with van der Waals surface area (Å²) in [5.74, 6) is -0.499. The van der Waals surface area contributed by atoms with E-state index in [9.17, 15) is 9.59 Å². The number of aromatic nitrogens is 3. The third-order valence-electron chi connectivity index (χ3n) is 5.11. The fourth-order valence-electron chi connectivity index (χ4n) is 3.54. The summed E-state index contributed by atoms with van der Waals surface area (Å²) >= 11 is 7.36. The van der Waals surface area contributed by atoms with Crippen molar-refractivity contribution >= 4 is 55.2 Å². The minimum atomic E-state index is -0.499. The number of nitrogens with zero attached hydrogens (tertiary/aromatic N) is 3. The smallest absolute Gasteiger partial charge is 0.265 e. The van der Waals surface area contributed by atoms with Crippen LogP contribution in [-0.2, 0) is 6.54 Å². The van der Waals surface area contributed by atoms with Crippen molar-refractivity contribution in [3.05, 3.63) is 98.9 Å². The zero-order valence-corrected chi connectivity index (χ0v) is 18.6. The number of hydrogen-bond acceptors (Lipinski definition) is 5. The predicted molar refractivity (Wildman–Crippen MR) is 129 cm³/mol. The number of carbonyl (C=O) groups excluding carboxylic acids is 1. The zero-order valence-electron chi connectivity index (χ0n) is 17.0. The maximum absolute atomic E-state index is 13.3. The van der Waals surface area contributed by atoms with Gasteiger partial charge in [0.15, 0.2) is 5.13 Å². The molecule has 6 nitrogen and oxygen atoms in total. The van der Waals surface area contributed by atoms with Gasteiger partial charge in [-0.25, -0.2) is 9.97 Å². The van der Waals surface area contributed by atoms with E-state index in [2.05, 4.69) is 15.3 Å². The summed E-state index contributed by atoms with van der Waals surface area (Å²) in [7, 11) is 0. The lowest BCUT2D eigenvalue weighted by molar-refractivity contribution is 0.102. The van der Waals surface area contributed by atoms with Crippen molar-refractivity contribution in [3.63, 3.8) is 0 Å². The molecule has 0 fully saturated rings. The van der Waals surface area contributed by atoms with E-state index in [1.54, 1.807) is 30.5 Å². The van der Waals surface area contributed by atoms with Gasteiger partial charge in [0.05, 0.1) is 16.8 Å². The van der Waals surface area contributed by atoms with Gasteiger partial charge in [-0.15, -0.1) is 0 Å². The van der Waals surface area contributed by atoms with Crippen LogP contribution in [0.5, 0.6) is 0 Å². The van der Waals surface area contributed by atoms with Crippen LogP contribution in [0.2, 0.25) is 5.02 Å². The summed E-state index contributed by atoms with van der Waals surface area (Å²) in [6, 6.07) is 18.3. The first-order valence-electron chi connectivity index (χ1n) is 9.89. The van der Waals surface area contributed by atoms with Gasteiger partial charge in [0.25, 0.3) is 11.5 Å². The van der Waals surface area contributed by atoms with E-state index in [0.29, 0.717) is 21.2 Å². The van der Waals surface area contributed by atoms with E-state index in [0.717, 1.165) is 21.3 Å². The van der Waals surface area contributed by atoms with Gasteiger partial charge in [-0.2, -0.15) is 0 Å². The first kappa shape index (κ1) is 20.4. The molecular weight excluding hydrogens is 444 g/mol. The lowest BCUT2D eigenvalue weighted by atomic mass is 10.1. The van der Waals surface area contributed by atoms with Gasteiger partial charge in [-0.3, -0.25) is 19.5 Å². The quantitative estimate of drug-likeness (QED) is 0.396. The number of hydrogen-bond donors (Lipinski definition) is 1. The van der Waals surface area contributed by atoms with Crippen LogP contribution >= 0.6 is 22.9 Å². The first-order valence-corrected chi connectivity index (χ1v) is 11.1. The molecule has 0 radical (unpaired) electrons. The van der Waals surface area contributed by atoms with Crippen molar-refractivity contribution in [2.24, 2.45) is 0 Å². The molecule has 32 heavy (non-hydrogen) atoms. The molecule has 0 atom stereocenters. The van der Waals surface area contributed by atoms with E-state index in [4.69, 9.17) is 11.6 Å². The molecule has 0 spiro atoms. The number of benzene rings is 2. The minimum Gasteiger partial charge on any atom is -0.298 e. The summed E-state index contributed by atoms with van der Waals surface area (Å²) in [6.45, 7) is 2.27. The Labute approximate surface area is 192 Å². The van der Waals surface area contributed by atoms with Crippen LogP contribution in [0, 0.1) is 6.92 Å². The van der Waals surface area contributed by atoms with Crippen LogP contribution < -0.4 is 10.9 Å². The molecule has 0 saturated carbocycles. The molecule has 0 aliphatic heterocycles. The normalized spacial score (nSPS) is 11.2. The van der Waals surface area contributed by atoms with Gasteiger partial charge >= 0.3 is 0 Å². The molecule has 5 aromatic rings. The Morgan fingerprint density at radius 1 is 1.12 bits per heavy atom. The molecule has 1 amide bonds. The summed E-state index contributed by atoms with van der Waals surface area (Å²) in [5, 5.41) is 4.55. The topological polar surface area (TPSA) is 76.9 Å². The summed E-state index contributed by atoms with van der Waals surface area (Å²) < 4.78 is 2.48. The zero-order chi connectivity index (χ0) is 22.2. The lowest BCUT2D eigenvalue weighted by Crippen LogP contribution is -2.30. The number of thiazole rings is 1. The molecule has 0 aliphatic rings. The highest BCUT2D eigenvalue weighted by atomic mass is 35.5. The van der Waals surface area contributed by atoms with Gasteiger partial charge in [-0.1, -0.05) is 41.1 Å². The minimum absolute atomic E-state index is 0.0369. The average molecular weight is 461 g/mol. The Balaban J connectivity index is 1.55.